The first-order valence-corrected chi connectivity index (χ1v) is 10.2. The van der Waals surface area contributed by atoms with Crippen molar-refractivity contribution >= 4 is 11.7 Å². The average Bonchev–Trinajstić information content (AvgIpc) is 3.29. The summed E-state index contributed by atoms with van der Waals surface area (Å²) in [5.41, 5.74) is 1.21. The van der Waals surface area contributed by atoms with E-state index in [4.69, 9.17) is 0 Å². The molecule has 2 aliphatic rings. The Kier molecular flexibility index (Phi) is 5.10. The normalized spacial score (nSPS) is 17.7. The van der Waals surface area contributed by atoms with Crippen LogP contribution in [0.1, 0.15) is 5.56 Å². The van der Waals surface area contributed by atoms with Crippen LogP contribution in [-0.2, 0) is 11.3 Å². The maximum Gasteiger partial charge on any atom is 0.229 e. The largest absolute Gasteiger partial charge is 0.355 e. The maximum absolute atomic E-state index is 12.9. The molecule has 0 unspecified atom stereocenters. The van der Waals surface area contributed by atoms with Gasteiger partial charge in [0.05, 0.1) is 5.92 Å². The van der Waals surface area contributed by atoms with Crippen molar-refractivity contribution in [2.45, 2.75) is 6.54 Å². The molecule has 0 radical (unpaired) electrons. The van der Waals surface area contributed by atoms with E-state index in [1.54, 1.807) is 23.4 Å². The van der Waals surface area contributed by atoms with Gasteiger partial charge in [0, 0.05) is 76.7 Å². The van der Waals surface area contributed by atoms with Gasteiger partial charge in [0.1, 0.15) is 12.1 Å². The van der Waals surface area contributed by atoms with Gasteiger partial charge < -0.3 is 9.80 Å². The smallest absolute Gasteiger partial charge is 0.229 e. The highest BCUT2D eigenvalue weighted by Crippen LogP contribution is 2.25. The fourth-order valence-corrected chi connectivity index (χ4v) is 4.00. The molecule has 5 rings (SSSR count). The highest BCUT2D eigenvalue weighted by atomic mass is 16.2. The standard InChI is InChI=1S/C21H24N8O/c30-21(27-9-7-26(8-10-27)13-17-3-1-4-22-12-17)18-14-28(15-18)19-11-20(24-16-23-19)29-6-2-5-25-29/h1-6,11-12,16,18H,7-10,13-15H2. The first-order chi connectivity index (χ1) is 14.8. The van der Waals surface area contributed by atoms with Gasteiger partial charge in [0.15, 0.2) is 5.82 Å². The maximum atomic E-state index is 12.9. The molecule has 30 heavy (non-hydrogen) atoms. The summed E-state index contributed by atoms with van der Waals surface area (Å²) in [6, 6.07) is 7.83. The van der Waals surface area contributed by atoms with E-state index in [0.29, 0.717) is 13.1 Å². The SMILES string of the molecule is O=C(C1CN(c2cc(-n3cccn3)ncn2)C1)N1CCN(Cc2cccnc2)CC1. The van der Waals surface area contributed by atoms with Crippen LogP contribution in [0.4, 0.5) is 5.82 Å². The van der Waals surface area contributed by atoms with Crippen molar-refractivity contribution in [2.24, 2.45) is 5.92 Å². The summed E-state index contributed by atoms with van der Waals surface area (Å²) in [4.78, 5) is 32.2. The Morgan fingerprint density at radius 1 is 1.03 bits per heavy atom. The molecule has 0 N–H and O–H groups in total. The molecule has 1 amide bonds. The van der Waals surface area contributed by atoms with Gasteiger partial charge in [0.25, 0.3) is 0 Å². The molecule has 0 aromatic carbocycles. The minimum atomic E-state index is 0.0398. The Labute approximate surface area is 175 Å². The second-order valence-electron chi connectivity index (χ2n) is 7.75. The minimum Gasteiger partial charge on any atom is -0.355 e. The summed E-state index contributed by atoms with van der Waals surface area (Å²) in [6.07, 6.45) is 8.81. The molecule has 0 spiro atoms. The molecule has 0 bridgehead atoms. The number of pyridine rings is 1. The Balaban J connectivity index is 1.12. The topological polar surface area (TPSA) is 83.3 Å². The molecule has 2 fully saturated rings. The fourth-order valence-electron chi connectivity index (χ4n) is 4.00. The molecule has 2 aliphatic heterocycles. The number of nitrogens with zero attached hydrogens (tertiary/aromatic N) is 8. The molecule has 9 nitrogen and oxygen atoms in total. The number of amides is 1. The zero-order valence-corrected chi connectivity index (χ0v) is 16.7. The average molecular weight is 404 g/mol. The molecule has 3 aromatic rings. The van der Waals surface area contributed by atoms with Gasteiger partial charge in [-0.1, -0.05) is 6.07 Å². The Morgan fingerprint density at radius 2 is 1.87 bits per heavy atom. The number of aromatic nitrogens is 5. The summed E-state index contributed by atoms with van der Waals surface area (Å²) >= 11 is 0. The zero-order chi connectivity index (χ0) is 20.3. The molecular weight excluding hydrogens is 380 g/mol. The van der Waals surface area contributed by atoms with Crippen molar-refractivity contribution in [2.75, 3.05) is 44.2 Å². The fraction of sp³-hybridized carbons (Fsp3) is 0.381. The highest BCUT2D eigenvalue weighted by Gasteiger charge is 2.37. The van der Waals surface area contributed by atoms with Crippen molar-refractivity contribution in [1.29, 1.82) is 0 Å². The third-order valence-corrected chi connectivity index (χ3v) is 5.75. The Morgan fingerprint density at radius 3 is 2.60 bits per heavy atom. The van der Waals surface area contributed by atoms with Gasteiger partial charge in [-0.15, -0.1) is 0 Å². The van der Waals surface area contributed by atoms with Crippen molar-refractivity contribution in [3.05, 3.63) is 60.9 Å². The highest BCUT2D eigenvalue weighted by molar-refractivity contribution is 5.82. The van der Waals surface area contributed by atoms with Crippen molar-refractivity contribution in [1.82, 2.24) is 34.5 Å². The van der Waals surface area contributed by atoms with Crippen LogP contribution in [-0.4, -0.2) is 79.7 Å². The van der Waals surface area contributed by atoms with Crippen LogP contribution < -0.4 is 4.90 Å². The second-order valence-corrected chi connectivity index (χ2v) is 7.75. The van der Waals surface area contributed by atoms with Crippen LogP contribution in [0.3, 0.4) is 0 Å². The number of piperazine rings is 1. The zero-order valence-electron chi connectivity index (χ0n) is 16.7. The molecule has 2 saturated heterocycles. The van der Waals surface area contributed by atoms with E-state index in [1.165, 1.54) is 5.56 Å². The van der Waals surface area contributed by atoms with E-state index in [0.717, 1.165) is 44.4 Å². The molecule has 154 valence electrons. The molecule has 3 aromatic heterocycles. The van der Waals surface area contributed by atoms with E-state index in [1.807, 2.05) is 35.5 Å². The lowest BCUT2D eigenvalue weighted by Crippen LogP contribution is -2.58. The molecule has 0 aliphatic carbocycles. The molecule has 9 heteroatoms. The van der Waals surface area contributed by atoms with Crippen molar-refractivity contribution < 1.29 is 4.79 Å². The monoisotopic (exact) mass is 404 g/mol. The number of carbonyl (C=O) groups is 1. The van der Waals surface area contributed by atoms with Gasteiger partial charge in [-0.3, -0.25) is 14.7 Å². The lowest BCUT2D eigenvalue weighted by molar-refractivity contribution is -0.138. The summed E-state index contributed by atoms with van der Waals surface area (Å²) < 4.78 is 1.71. The predicted molar refractivity (Wildman–Crippen MR) is 111 cm³/mol. The Bertz CT molecular complexity index is 979. The van der Waals surface area contributed by atoms with Crippen LogP contribution in [0, 0.1) is 5.92 Å². The van der Waals surface area contributed by atoms with E-state index in [2.05, 4.69) is 35.9 Å². The minimum absolute atomic E-state index is 0.0398. The van der Waals surface area contributed by atoms with Crippen LogP contribution in [0.15, 0.2) is 55.4 Å². The number of hydrogen-bond acceptors (Lipinski definition) is 7. The predicted octanol–water partition coefficient (Wildman–Crippen LogP) is 0.838. The van der Waals surface area contributed by atoms with Gasteiger partial charge >= 0.3 is 0 Å². The van der Waals surface area contributed by atoms with Gasteiger partial charge in [-0.25, -0.2) is 14.6 Å². The lowest BCUT2D eigenvalue weighted by atomic mass is 9.98. The second kappa shape index (κ2) is 8.19. The van der Waals surface area contributed by atoms with Crippen molar-refractivity contribution in [3.8, 4) is 5.82 Å². The molecule has 0 saturated carbocycles. The van der Waals surface area contributed by atoms with E-state index >= 15 is 0 Å². The number of anilines is 1. The number of hydrogen-bond donors (Lipinski definition) is 0. The lowest BCUT2D eigenvalue weighted by Gasteiger charge is -2.43. The molecule has 0 atom stereocenters. The first kappa shape index (κ1) is 18.7. The van der Waals surface area contributed by atoms with Crippen LogP contribution in [0.5, 0.6) is 0 Å². The van der Waals surface area contributed by atoms with Gasteiger partial charge in [-0.05, 0) is 17.7 Å². The quantitative estimate of drug-likeness (QED) is 0.623. The van der Waals surface area contributed by atoms with E-state index in [9.17, 15) is 4.79 Å². The molecule has 5 heterocycles. The summed E-state index contributed by atoms with van der Waals surface area (Å²) in [7, 11) is 0. The third-order valence-electron chi connectivity index (χ3n) is 5.75. The van der Waals surface area contributed by atoms with E-state index < -0.39 is 0 Å². The third kappa shape index (κ3) is 3.88. The van der Waals surface area contributed by atoms with Gasteiger partial charge in [-0.2, -0.15) is 5.10 Å². The summed E-state index contributed by atoms with van der Waals surface area (Å²) in [5, 5.41) is 4.21. The molecular formula is C21H24N8O. The van der Waals surface area contributed by atoms with Crippen molar-refractivity contribution in [3.63, 3.8) is 0 Å². The summed E-state index contributed by atoms with van der Waals surface area (Å²) in [6.45, 7) is 5.65. The number of carbonyl (C=O) groups excluding carboxylic acids is 1. The van der Waals surface area contributed by atoms with Crippen LogP contribution in [0.2, 0.25) is 0 Å². The Hall–Kier alpha value is -3.33. The number of rotatable bonds is 5. The first-order valence-electron chi connectivity index (χ1n) is 10.2. The summed E-state index contributed by atoms with van der Waals surface area (Å²) in [5.74, 6) is 1.86. The van der Waals surface area contributed by atoms with Crippen LogP contribution >= 0.6 is 0 Å². The van der Waals surface area contributed by atoms with Gasteiger partial charge in [0.2, 0.25) is 5.91 Å². The van der Waals surface area contributed by atoms with E-state index in [-0.39, 0.29) is 11.8 Å². The van der Waals surface area contributed by atoms with Crippen LogP contribution in [0.25, 0.3) is 5.82 Å².